The Morgan fingerprint density at radius 2 is 2.10 bits per heavy atom. The van der Waals surface area contributed by atoms with E-state index >= 15 is 0 Å². The second kappa shape index (κ2) is 7.41. The molecule has 2 rings (SSSR count). The zero-order chi connectivity index (χ0) is 14.5. The Bertz CT molecular complexity index is 319. The van der Waals surface area contributed by atoms with E-state index in [0.29, 0.717) is 12.6 Å². The number of rotatable bonds is 4. The van der Waals surface area contributed by atoms with Gasteiger partial charge in [0.15, 0.2) is 0 Å². The Morgan fingerprint density at radius 3 is 2.80 bits per heavy atom. The molecule has 1 heterocycles. The zero-order valence-electron chi connectivity index (χ0n) is 12.9. The molecule has 0 radical (unpaired) electrons. The van der Waals surface area contributed by atoms with Crippen molar-refractivity contribution in [2.75, 3.05) is 19.8 Å². The number of aliphatic carboxylic acids is 1. The molecule has 3 unspecified atom stereocenters. The van der Waals surface area contributed by atoms with Gasteiger partial charge in [-0.25, -0.2) is 0 Å². The first-order chi connectivity index (χ1) is 9.58. The molecule has 116 valence electrons. The SMILES string of the molecule is CC(C)C1CCCC(N2CCOCC2CC(=O)O)CC1. The lowest BCUT2D eigenvalue weighted by molar-refractivity contribution is -0.141. The molecule has 1 aliphatic carbocycles. The van der Waals surface area contributed by atoms with Gasteiger partial charge in [-0.15, -0.1) is 0 Å². The number of hydrogen-bond donors (Lipinski definition) is 1. The van der Waals surface area contributed by atoms with Gasteiger partial charge in [0.2, 0.25) is 0 Å². The molecule has 1 N–H and O–H groups in total. The predicted octanol–water partition coefficient (Wildman–Crippen LogP) is 2.77. The highest BCUT2D eigenvalue weighted by molar-refractivity contribution is 5.67. The molecule has 2 fully saturated rings. The summed E-state index contributed by atoms with van der Waals surface area (Å²) in [6.07, 6.45) is 6.56. The smallest absolute Gasteiger partial charge is 0.305 e. The number of carbonyl (C=O) groups is 1. The topological polar surface area (TPSA) is 49.8 Å². The Kier molecular flexibility index (Phi) is 5.85. The number of carboxylic acids is 1. The highest BCUT2D eigenvalue weighted by atomic mass is 16.5. The van der Waals surface area contributed by atoms with E-state index in [1.165, 1.54) is 32.1 Å². The van der Waals surface area contributed by atoms with Crippen molar-refractivity contribution in [3.8, 4) is 0 Å². The van der Waals surface area contributed by atoms with Crippen LogP contribution in [0, 0.1) is 11.8 Å². The van der Waals surface area contributed by atoms with Crippen LogP contribution in [0.25, 0.3) is 0 Å². The van der Waals surface area contributed by atoms with Crippen LogP contribution >= 0.6 is 0 Å². The fourth-order valence-corrected chi connectivity index (χ4v) is 3.84. The van der Waals surface area contributed by atoms with E-state index in [9.17, 15) is 4.79 Å². The fourth-order valence-electron chi connectivity index (χ4n) is 3.84. The van der Waals surface area contributed by atoms with E-state index in [-0.39, 0.29) is 12.5 Å². The van der Waals surface area contributed by atoms with Crippen molar-refractivity contribution >= 4 is 5.97 Å². The Hall–Kier alpha value is -0.610. The maximum absolute atomic E-state index is 11.0. The maximum atomic E-state index is 11.0. The van der Waals surface area contributed by atoms with Gasteiger partial charge in [-0.2, -0.15) is 0 Å². The summed E-state index contributed by atoms with van der Waals surface area (Å²) in [6.45, 7) is 6.88. The van der Waals surface area contributed by atoms with E-state index in [4.69, 9.17) is 9.84 Å². The van der Waals surface area contributed by atoms with Crippen LogP contribution in [-0.2, 0) is 9.53 Å². The van der Waals surface area contributed by atoms with Crippen molar-refractivity contribution in [1.29, 1.82) is 0 Å². The zero-order valence-corrected chi connectivity index (χ0v) is 12.9. The van der Waals surface area contributed by atoms with Gasteiger partial charge in [-0.1, -0.05) is 26.7 Å². The first-order valence-electron chi connectivity index (χ1n) is 8.13. The van der Waals surface area contributed by atoms with Gasteiger partial charge in [0.05, 0.1) is 19.6 Å². The largest absolute Gasteiger partial charge is 0.481 e. The molecular weight excluding hydrogens is 254 g/mol. The van der Waals surface area contributed by atoms with E-state index in [0.717, 1.165) is 25.0 Å². The Morgan fingerprint density at radius 1 is 1.30 bits per heavy atom. The van der Waals surface area contributed by atoms with Crippen molar-refractivity contribution in [3.63, 3.8) is 0 Å². The third-order valence-electron chi connectivity index (χ3n) is 5.08. The first kappa shape index (κ1) is 15.8. The van der Waals surface area contributed by atoms with Crippen LogP contribution in [0.2, 0.25) is 0 Å². The van der Waals surface area contributed by atoms with Crippen LogP contribution in [0.4, 0.5) is 0 Å². The van der Waals surface area contributed by atoms with Crippen molar-refractivity contribution in [1.82, 2.24) is 4.90 Å². The normalized spacial score (nSPS) is 33.0. The highest BCUT2D eigenvalue weighted by Crippen LogP contribution is 2.32. The summed E-state index contributed by atoms with van der Waals surface area (Å²) in [5.41, 5.74) is 0. The van der Waals surface area contributed by atoms with Gasteiger partial charge in [-0.3, -0.25) is 9.69 Å². The summed E-state index contributed by atoms with van der Waals surface area (Å²) in [6, 6.07) is 0.633. The van der Waals surface area contributed by atoms with Gasteiger partial charge in [0.25, 0.3) is 0 Å². The molecule has 1 saturated carbocycles. The molecule has 0 amide bonds. The van der Waals surface area contributed by atoms with Crippen LogP contribution in [-0.4, -0.2) is 47.8 Å². The molecule has 0 aromatic carbocycles. The molecular formula is C16H29NO3. The van der Waals surface area contributed by atoms with Gasteiger partial charge in [0.1, 0.15) is 0 Å². The second-order valence-electron chi connectivity index (χ2n) is 6.73. The van der Waals surface area contributed by atoms with Crippen molar-refractivity contribution in [2.45, 2.75) is 64.5 Å². The second-order valence-corrected chi connectivity index (χ2v) is 6.73. The van der Waals surface area contributed by atoms with E-state index < -0.39 is 5.97 Å². The monoisotopic (exact) mass is 283 g/mol. The highest BCUT2D eigenvalue weighted by Gasteiger charge is 2.32. The lowest BCUT2D eigenvalue weighted by Crippen LogP contribution is -2.51. The van der Waals surface area contributed by atoms with E-state index in [1.54, 1.807) is 0 Å². The molecule has 1 aliphatic heterocycles. The fraction of sp³-hybridized carbons (Fsp3) is 0.938. The number of morpholine rings is 1. The van der Waals surface area contributed by atoms with Gasteiger partial charge >= 0.3 is 5.97 Å². The van der Waals surface area contributed by atoms with Gasteiger partial charge < -0.3 is 9.84 Å². The quantitative estimate of drug-likeness (QED) is 0.806. The van der Waals surface area contributed by atoms with Gasteiger partial charge in [0, 0.05) is 18.6 Å². The molecule has 2 aliphatic rings. The lowest BCUT2D eigenvalue weighted by atomic mass is 9.89. The van der Waals surface area contributed by atoms with Crippen LogP contribution in [0.1, 0.15) is 52.4 Å². The third kappa shape index (κ3) is 4.19. The summed E-state index contributed by atoms with van der Waals surface area (Å²) < 4.78 is 5.49. The minimum absolute atomic E-state index is 0.0712. The molecule has 3 atom stereocenters. The summed E-state index contributed by atoms with van der Waals surface area (Å²) in [5.74, 6) is 0.909. The number of hydrogen-bond acceptors (Lipinski definition) is 3. The van der Waals surface area contributed by atoms with Crippen LogP contribution in [0.5, 0.6) is 0 Å². The molecule has 0 spiro atoms. The standard InChI is InChI=1S/C16H29NO3/c1-12(2)13-4-3-5-14(7-6-13)17-8-9-20-11-15(17)10-16(18)19/h12-15H,3-11H2,1-2H3,(H,18,19). The molecule has 4 nitrogen and oxygen atoms in total. The van der Waals surface area contributed by atoms with E-state index in [2.05, 4.69) is 18.7 Å². The van der Waals surface area contributed by atoms with Crippen molar-refractivity contribution in [3.05, 3.63) is 0 Å². The molecule has 1 saturated heterocycles. The summed E-state index contributed by atoms with van der Waals surface area (Å²) in [5, 5.41) is 9.07. The van der Waals surface area contributed by atoms with Crippen LogP contribution in [0.3, 0.4) is 0 Å². The minimum Gasteiger partial charge on any atom is -0.481 e. The van der Waals surface area contributed by atoms with Crippen molar-refractivity contribution < 1.29 is 14.6 Å². The average molecular weight is 283 g/mol. The molecule has 4 heteroatoms. The third-order valence-corrected chi connectivity index (χ3v) is 5.08. The summed E-state index contributed by atoms with van der Waals surface area (Å²) in [4.78, 5) is 13.5. The van der Waals surface area contributed by atoms with Gasteiger partial charge in [-0.05, 0) is 31.1 Å². The number of carboxylic acid groups (broad SMARTS) is 1. The molecule has 0 aromatic heterocycles. The Balaban J connectivity index is 1.95. The molecule has 0 aromatic rings. The summed E-state index contributed by atoms with van der Waals surface area (Å²) in [7, 11) is 0. The van der Waals surface area contributed by atoms with Crippen LogP contribution in [0.15, 0.2) is 0 Å². The summed E-state index contributed by atoms with van der Waals surface area (Å²) >= 11 is 0. The Labute approximate surface area is 122 Å². The van der Waals surface area contributed by atoms with Crippen molar-refractivity contribution in [2.24, 2.45) is 11.8 Å². The lowest BCUT2D eigenvalue weighted by Gasteiger charge is -2.40. The predicted molar refractivity (Wildman–Crippen MR) is 78.8 cm³/mol. The number of ether oxygens (including phenoxy) is 1. The minimum atomic E-state index is -0.709. The molecule has 20 heavy (non-hydrogen) atoms. The number of nitrogens with zero attached hydrogens (tertiary/aromatic N) is 1. The first-order valence-corrected chi connectivity index (χ1v) is 8.13. The van der Waals surface area contributed by atoms with E-state index in [1.807, 2.05) is 0 Å². The average Bonchev–Trinajstić information content (AvgIpc) is 2.64. The maximum Gasteiger partial charge on any atom is 0.305 e. The molecule has 0 bridgehead atoms. The van der Waals surface area contributed by atoms with Crippen LogP contribution < -0.4 is 0 Å².